The maximum absolute atomic E-state index is 10.8. The molecule has 30 heavy (non-hydrogen) atoms. The highest BCUT2D eigenvalue weighted by Gasteiger charge is 2.13. The van der Waals surface area contributed by atoms with E-state index in [-0.39, 0.29) is 12.4 Å². The number of rotatable bonds is 6. The smallest absolute Gasteiger partial charge is 0.327 e. The highest BCUT2D eigenvalue weighted by Crippen LogP contribution is 2.31. The molecule has 3 aromatic heterocycles. The van der Waals surface area contributed by atoms with Crippen molar-refractivity contribution in [1.82, 2.24) is 40.2 Å². The third-order valence-electron chi connectivity index (χ3n) is 3.94. The van der Waals surface area contributed by atoms with Crippen LogP contribution < -0.4 is 0 Å². The molecule has 0 fully saturated rings. The molecule has 1 N–H and O–H groups in total. The van der Waals surface area contributed by atoms with Crippen molar-refractivity contribution in [3.8, 4) is 22.8 Å². The third kappa shape index (κ3) is 4.40. The van der Waals surface area contributed by atoms with Crippen LogP contribution in [0.1, 0.15) is 5.56 Å². The summed E-state index contributed by atoms with van der Waals surface area (Å²) in [7, 11) is 0. The van der Waals surface area contributed by atoms with Crippen LogP contribution in [-0.4, -0.2) is 51.3 Å². The van der Waals surface area contributed by atoms with E-state index in [2.05, 4.69) is 30.7 Å². The van der Waals surface area contributed by atoms with Gasteiger partial charge in [0, 0.05) is 11.8 Å². The molecule has 0 unspecified atom stereocenters. The Balaban J connectivity index is 1.56. The molecule has 0 atom stereocenters. The van der Waals surface area contributed by atoms with E-state index in [0.717, 1.165) is 10.4 Å². The number of carbonyl (C=O) groups is 1. The summed E-state index contributed by atoms with van der Waals surface area (Å²) in [6.45, 7) is 0.00632. The summed E-state index contributed by atoms with van der Waals surface area (Å²) in [6, 6.07) is 6.82. The molecule has 0 saturated carbocycles. The molecule has 152 valence electrons. The summed E-state index contributed by atoms with van der Waals surface area (Å²) in [4.78, 5) is 16.1. The molecule has 4 rings (SSSR count). The Bertz CT molecular complexity index is 1220. The zero-order chi connectivity index (χ0) is 21.3. The highest BCUT2D eigenvalue weighted by molar-refractivity contribution is 6.48. The molecular weight excluding hydrogens is 455 g/mol. The number of aliphatic carboxylic acids is 1. The maximum atomic E-state index is 10.8. The topological polar surface area (TPSA) is 124 Å². The monoisotopic (exact) mass is 464 g/mol. The van der Waals surface area contributed by atoms with Crippen LogP contribution in [0.2, 0.25) is 15.1 Å². The van der Waals surface area contributed by atoms with Gasteiger partial charge in [0.2, 0.25) is 5.82 Å². The molecule has 1 aromatic carbocycles. The average Bonchev–Trinajstić information content (AvgIpc) is 3.35. The van der Waals surface area contributed by atoms with E-state index >= 15 is 0 Å². The van der Waals surface area contributed by atoms with Crippen LogP contribution in [0.15, 0.2) is 36.7 Å². The molecule has 4 aromatic rings. The lowest BCUT2D eigenvalue weighted by Crippen LogP contribution is -2.11. The fourth-order valence-electron chi connectivity index (χ4n) is 2.64. The number of benzene rings is 1. The summed E-state index contributed by atoms with van der Waals surface area (Å²) >= 11 is 18.1. The molecule has 0 bridgehead atoms. The number of nitrogens with zero attached hydrogens (tertiary/aromatic N) is 8. The Hall–Kier alpha value is -3.08. The molecule has 0 aliphatic carbocycles. The van der Waals surface area contributed by atoms with Gasteiger partial charge in [-0.1, -0.05) is 40.0 Å². The Kier molecular flexibility index (Phi) is 5.62. The van der Waals surface area contributed by atoms with Crippen molar-refractivity contribution in [2.75, 3.05) is 0 Å². The van der Waals surface area contributed by atoms with E-state index in [4.69, 9.17) is 39.9 Å². The van der Waals surface area contributed by atoms with Crippen molar-refractivity contribution in [3.63, 3.8) is 0 Å². The first kappa shape index (κ1) is 20.2. The van der Waals surface area contributed by atoms with Gasteiger partial charge in [-0.25, -0.2) is 4.68 Å². The van der Waals surface area contributed by atoms with E-state index in [0.29, 0.717) is 38.6 Å². The number of tetrazole rings is 1. The van der Waals surface area contributed by atoms with Crippen molar-refractivity contribution < 1.29 is 9.90 Å². The normalized spacial score (nSPS) is 11.0. The summed E-state index contributed by atoms with van der Waals surface area (Å²) in [5.41, 5.74) is 2.50. The second kappa shape index (κ2) is 8.34. The quantitative estimate of drug-likeness (QED) is 0.431. The van der Waals surface area contributed by atoms with Crippen molar-refractivity contribution in [1.29, 1.82) is 0 Å². The van der Waals surface area contributed by atoms with Crippen LogP contribution in [0.25, 0.3) is 22.8 Å². The molecule has 0 saturated heterocycles. The lowest BCUT2D eigenvalue weighted by Gasteiger charge is -2.05. The van der Waals surface area contributed by atoms with E-state index in [1.165, 1.54) is 0 Å². The van der Waals surface area contributed by atoms with E-state index in [1.54, 1.807) is 41.3 Å². The number of aromatic nitrogens is 8. The van der Waals surface area contributed by atoms with Gasteiger partial charge in [0.25, 0.3) is 0 Å². The minimum Gasteiger partial charge on any atom is -0.480 e. The van der Waals surface area contributed by atoms with Crippen molar-refractivity contribution in [2.45, 2.75) is 13.1 Å². The van der Waals surface area contributed by atoms with Gasteiger partial charge in [0.1, 0.15) is 5.69 Å². The average molecular weight is 466 g/mol. The number of carboxylic acids is 1. The maximum Gasteiger partial charge on any atom is 0.327 e. The largest absolute Gasteiger partial charge is 0.480 e. The van der Waals surface area contributed by atoms with Crippen molar-refractivity contribution in [3.05, 3.63) is 57.3 Å². The van der Waals surface area contributed by atoms with Crippen LogP contribution in [-0.2, 0) is 17.9 Å². The first-order valence-corrected chi connectivity index (χ1v) is 9.52. The highest BCUT2D eigenvalue weighted by atomic mass is 35.5. The zero-order valence-electron chi connectivity index (χ0n) is 14.9. The first-order valence-electron chi connectivity index (χ1n) is 8.39. The second-order valence-electron chi connectivity index (χ2n) is 6.14. The number of pyridine rings is 1. The molecule has 0 aliphatic heterocycles. The molecule has 13 heteroatoms. The van der Waals surface area contributed by atoms with Gasteiger partial charge in [-0.3, -0.25) is 9.78 Å². The predicted octanol–water partition coefficient (Wildman–Crippen LogP) is 3.09. The number of halogens is 3. The molecule has 10 nitrogen and oxygen atoms in total. The molecule has 0 aliphatic rings. The summed E-state index contributed by atoms with van der Waals surface area (Å²) in [5, 5.41) is 29.7. The Morgan fingerprint density at radius 1 is 1.03 bits per heavy atom. The van der Waals surface area contributed by atoms with Gasteiger partial charge in [0.15, 0.2) is 6.54 Å². The standard InChI is InChI=1S/C17H11Cl3N8O2/c18-11-3-9(4-12(19)16(11)20)6-27-7-14(22-25-27)13-5-10(1-2-21-13)17-23-26-28(24-17)8-15(29)30/h1-5,7H,6,8H2,(H,29,30). The Labute approximate surface area is 184 Å². The van der Waals surface area contributed by atoms with Gasteiger partial charge in [-0.2, -0.15) is 4.80 Å². The van der Waals surface area contributed by atoms with Gasteiger partial charge >= 0.3 is 5.97 Å². The molecular formula is C17H11Cl3N8O2. The number of carboxylic acid groups (broad SMARTS) is 1. The molecule has 0 radical (unpaired) electrons. The third-order valence-corrected chi connectivity index (χ3v) is 5.13. The van der Waals surface area contributed by atoms with Crippen LogP contribution in [0.5, 0.6) is 0 Å². The van der Waals surface area contributed by atoms with Gasteiger partial charge < -0.3 is 5.11 Å². The summed E-state index contributed by atoms with van der Waals surface area (Å²) in [5.74, 6) is -0.785. The molecule has 0 spiro atoms. The fraction of sp³-hybridized carbons (Fsp3) is 0.118. The van der Waals surface area contributed by atoms with Crippen LogP contribution in [0.3, 0.4) is 0 Å². The molecule has 0 amide bonds. The number of hydrogen-bond acceptors (Lipinski definition) is 7. The van der Waals surface area contributed by atoms with Crippen LogP contribution >= 0.6 is 34.8 Å². The van der Waals surface area contributed by atoms with E-state index in [9.17, 15) is 4.79 Å². The summed E-state index contributed by atoms with van der Waals surface area (Å²) in [6.07, 6.45) is 3.29. The van der Waals surface area contributed by atoms with Crippen LogP contribution in [0, 0.1) is 0 Å². The minimum atomic E-state index is -1.06. The lowest BCUT2D eigenvalue weighted by atomic mass is 10.2. The first-order chi connectivity index (χ1) is 14.4. The van der Waals surface area contributed by atoms with Crippen LogP contribution in [0.4, 0.5) is 0 Å². The van der Waals surface area contributed by atoms with Gasteiger partial charge in [0.05, 0.1) is 33.5 Å². The van der Waals surface area contributed by atoms with E-state index in [1.807, 2.05) is 0 Å². The van der Waals surface area contributed by atoms with Gasteiger partial charge in [-0.05, 0) is 35.0 Å². The van der Waals surface area contributed by atoms with Crippen molar-refractivity contribution in [2.24, 2.45) is 0 Å². The fourth-order valence-corrected chi connectivity index (χ4v) is 3.28. The minimum absolute atomic E-state index is 0.276. The lowest BCUT2D eigenvalue weighted by molar-refractivity contribution is -0.138. The Morgan fingerprint density at radius 2 is 1.80 bits per heavy atom. The SMILES string of the molecule is O=C(O)Cn1nnc(-c2ccnc(-c3cn(Cc4cc(Cl)c(Cl)c(Cl)c4)nn3)c2)n1. The second-order valence-corrected chi connectivity index (χ2v) is 7.33. The summed E-state index contributed by atoms with van der Waals surface area (Å²) < 4.78 is 1.61. The molecule has 3 heterocycles. The van der Waals surface area contributed by atoms with E-state index < -0.39 is 5.97 Å². The predicted molar refractivity (Wildman–Crippen MR) is 108 cm³/mol. The van der Waals surface area contributed by atoms with Gasteiger partial charge in [-0.15, -0.1) is 15.3 Å². The number of hydrogen-bond donors (Lipinski definition) is 1. The Morgan fingerprint density at radius 3 is 2.53 bits per heavy atom. The van der Waals surface area contributed by atoms with Crippen molar-refractivity contribution >= 4 is 40.8 Å². The zero-order valence-corrected chi connectivity index (χ0v) is 17.2.